The number of hydrogen-bond donors (Lipinski definition) is 0. The molecular formula is C21H25N3. The minimum atomic E-state index is 0.200. The summed E-state index contributed by atoms with van der Waals surface area (Å²) < 4.78 is 0. The van der Waals surface area contributed by atoms with Gasteiger partial charge in [0.25, 0.3) is 0 Å². The largest absolute Gasteiger partial charge is 0.298 e. The summed E-state index contributed by atoms with van der Waals surface area (Å²) in [7, 11) is 2.15. The van der Waals surface area contributed by atoms with Crippen molar-refractivity contribution >= 4 is 11.0 Å². The Labute approximate surface area is 144 Å². The van der Waals surface area contributed by atoms with Crippen LogP contribution in [0.25, 0.3) is 11.0 Å². The SMILES string of the molecule is CN(Cc1ccc(C(C)(C)C)cc1)Cc1cccc2nccnc12. The van der Waals surface area contributed by atoms with Gasteiger partial charge in [0.1, 0.15) is 0 Å². The van der Waals surface area contributed by atoms with Gasteiger partial charge in [-0.1, -0.05) is 57.2 Å². The number of nitrogens with zero attached hydrogens (tertiary/aromatic N) is 3. The van der Waals surface area contributed by atoms with Crippen molar-refractivity contribution in [3.63, 3.8) is 0 Å². The molecule has 0 aliphatic heterocycles. The lowest BCUT2D eigenvalue weighted by atomic mass is 9.87. The number of hydrogen-bond acceptors (Lipinski definition) is 3. The molecule has 3 heteroatoms. The highest BCUT2D eigenvalue weighted by molar-refractivity contribution is 5.77. The summed E-state index contributed by atoms with van der Waals surface area (Å²) in [5, 5.41) is 0. The van der Waals surface area contributed by atoms with Gasteiger partial charge >= 0.3 is 0 Å². The van der Waals surface area contributed by atoms with Crippen molar-refractivity contribution in [2.24, 2.45) is 0 Å². The van der Waals surface area contributed by atoms with E-state index in [9.17, 15) is 0 Å². The lowest BCUT2D eigenvalue weighted by Crippen LogP contribution is -2.18. The number of benzene rings is 2. The molecular weight excluding hydrogens is 294 g/mol. The van der Waals surface area contributed by atoms with Crippen LogP contribution in [0.4, 0.5) is 0 Å². The Morgan fingerprint density at radius 2 is 1.58 bits per heavy atom. The molecule has 0 N–H and O–H groups in total. The molecule has 0 radical (unpaired) electrons. The van der Waals surface area contributed by atoms with E-state index < -0.39 is 0 Å². The summed E-state index contributed by atoms with van der Waals surface area (Å²) in [5.41, 5.74) is 6.07. The Bertz CT molecular complexity index is 811. The highest BCUT2D eigenvalue weighted by Gasteiger charge is 2.13. The molecule has 0 saturated heterocycles. The second-order valence-electron chi connectivity index (χ2n) is 7.46. The Kier molecular flexibility index (Phi) is 4.63. The van der Waals surface area contributed by atoms with Crippen LogP contribution < -0.4 is 0 Å². The van der Waals surface area contributed by atoms with Gasteiger partial charge in [0, 0.05) is 25.5 Å². The van der Waals surface area contributed by atoms with Gasteiger partial charge in [-0.25, -0.2) is 0 Å². The molecule has 3 rings (SSSR count). The second-order valence-corrected chi connectivity index (χ2v) is 7.46. The van der Waals surface area contributed by atoms with Crippen LogP contribution in [0.1, 0.15) is 37.5 Å². The zero-order valence-corrected chi connectivity index (χ0v) is 15.0. The second kappa shape index (κ2) is 6.70. The predicted octanol–water partition coefficient (Wildman–Crippen LogP) is 4.56. The van der Waals surface area contributed by atoms with Gasteiger partial charge < -0.3 is 0 Å². The first kappa shape index (κ1) is 16.6. The normalized spacial score (nSPS) is 12.0. The van der Waals surface area contributed by atoms with Crippen molar-refractivity contribution in [2.75, 3.05) is 7.05 Å². The van der Waals surface area contributed by atoms with Crippen LogP contribution in [0.15, 0.2) is 54.9 Å². The van der Waals surface area contributed by atoms with Gasteiger partial charge in [0.05, 0.1) is 11.0 Å². The molecule has 2 aromatic carbocycles. The summed E-state index contributed by atoms with van der Waals surface area (Å²) >= 11 is 0. The summed E-state index contributed by atoms with van der Waals surface area (Å²) in [6.07, 6.45) is 3.50. The molecule has 0 aliphatic carbocycles. The van der Waals surface area contributed by atoms with Crippen molar-refractivity contribution in [2.45, 2.75) is 39.3 Å². The minimum absolute atomic E-state index is 0.200. The molecule has 1 heterocycles. The topological polar surface area (TPSA) is 29.0 Å². The van der Waals surface area contributed by atoms with E-state index in [1.54, 1.807) is 12.4 Å². The molecule has 0 atom stereocenters. The maximum absolute atomic E-state index is 4.49. The quantitative estimate of drug-likeness (QED) is 0.706. The molecule has 1 aromatic heterocycles. The van der Waals surface area contributed by atoms with E-state index >= 15 is 0 Å². The molecule has 0 spiro atoms. The average Bonchev–Trinajstić information content (AvgIpc) is 2.55. The van der Waals surface area contributed by atoms with Crippen molar-refractivity contribution in [3.05, 3.63) is 71.5 Å². The molecule has 0 unspecified atom stereocenters. The van der Waals surface area contributed by atoms with Gasteiger partial charge in [-0.2, -0.15) is 0 Å². The van der Waals surface area contributed by atoms with Gasteiger partial charge in [0.2, 0.25) is 0 Å². The molecule has 0 amide bonds. The molecule has 0 aliphatic rings. The standard InChI is InChI=1S/C21H25N3/c1-21(2,3)18-10-8-16(9-11-18)14-24(4)15-17-6-5-7-19-20(17)23-13-12-22-19/h5-13H,14-15H2,1-4H3. The predicted molar refractivity (Wildman–Crippen MR) is 99.9 cm³/mol. The lowest BCUT2D eigenvalue weighted by molar-refractivity contribution is 0.320. The molecule has 0 bridgehead atoms. The van der Waals surface area contributed by atoms with E-state index in [0.29, 0.717) is 0 Å². The molecule has 24 heavy (non-hydrogen) atoms. The van der Waals surface area contributed by atoms with Gasteiger partial charge in [-0.15, -0.1) is 0 Å². The first-order valence-corrected chi connectivity index (χ1v) is 8.40. The molecule has 124 valence electrons. The summed E-state index contributed by atoms with van der Waals surface area (Å²) in [6, 6.07) is 15.2. The summed E-state index contributed by atoms with van der Waals surface area (Å²) in [6.45, 7) is 8.51. The van der Waals surface area contributed by atoms with Crippen LogP contribution in [0.5, 0.6) is 0 Å². The zero-order valence-electron chi connectivity index (χ0n) is 15.0. The van der Waals surface area contributed by atoms with Gasteiger partial charge in [0.15, 0.2) is 0 Å². The smallest absolute Gasteiger partial charge is 0.0931 e. The van der Waals surface area contributed by atoms with Crippen LogP contribution in [0.2, 0.25) is 0 Å². The fourth-order valence-corrected chi connectivity index (χ4v) is 2.95. The third-order valence-corrected chi connectivity index (χ3v) is 4.29. The maximum atomic E-state index is 4.49. The van der Waals surface area contributed by atoms with Crippen LogP contribution in [0, 0.1) is 0 Å². The lowest BCUT2D eigenvalue weighted by Gasteiger charge is -2.21. The van der Waals surface area contributed by atoms with E-state index in [1.165, 1.54) is 16.7 Å². The van der Waals surface area contributed by atoms with E-state index in [-0.39, 0.29) is 5.41 Å². The fourth-order valence-electron chi connectivity index (χ4n) is 2.95. The first-order valence-electron chi connectivity index (χ1n) is 8.40. The molecule has 3 nitrogen and oxygen atoms in total. The van der Waals surface area contributed by atoms with E-state index in [2.05, 4.69) is 79.1 Å². The van der Waals surface area contributed by atoms with E-state index in [4.69, 9.17) is 0 Å². The van der Waals surface area contributed by atoms with Gasteiger partial charge in [-0.05, 0) is 35.2 Å². The summed E-state index contributed by atoms with van der Waals surface area (Å²) in [5.74, 6) is 0. The average molecular weight is 319 g/mol. The fraction of sp³-hybridized carbons (Fsp3) is 0.333. The van der Waals surface area contributed by atoms with Crippen LogP contribution in [-0.4, -0.2) is 21.9 Å². The van der Waals surface area contributed by atoms with E-state index in [0.717, 1.165) is 24.1 Å². The van der Waals surface area contributed by atoms with Crippen molar-refractivity contribution in [1.29, 1.82) is 0 Å². The molecule has 3 aromatic rings. The zero-order chi connectivity index (χ0) is 17.2. The minimum Gasteiger partial charge on any atom is -0.298 e. The maximum Gasteiger partial charge on any atom is 0.0931 e. The number of para-hydroxylation sites is 1. The Hall–Kier alpha value is -2.26. The Morgan fingerprint density at radius 1 is 0.875 bits per heavy atom. The highest BCUT2D eigenvalue weighted by Crippen LogP contribution is 2.23. The van der Waals surface area contributed by atoms with Crippen LogP contribution in [-0.2, 0) is 18.5 Å². The number of fused-ring (bicyclic) bond motifs is 1. The van der Waals surface area contributed by atoms with Crippen molar-refractivity contribution in [3.8, 4) is 0 Å². The Balaban J connectivity index is 1.72. The van der Waals surface area contributed by atoms with Crippen LogP contribution >= 0.6 is 0 Å². The van der Waals surface area contributed by atoms with E-state index in [1.807, 2.05) is 6.07 Å². The van der Waals surface area contributed by atoms with Gasteiger partial charge in [-0.3, -0.25) is 14.9 Å². The monoisotopic (exact) mass is 319 g/mol. The first-order chi connectivity index (χ1) is 11.4. The third-order valence-electron chi connectivity index (χ3n) is 4.29. The summed E-state index contributed by atoms with van der Waals surface area (Å²) in [4.78, 5) is 11.2. The third kappa shape index (κ3) is 3.80. The Morgan fingerprint density at radius 3 is 2.29 bits per heavy atom. The number of aromatic nitrogens is 2. The van der Waals surface area contributed by atoms with Crippen molar-refractivity contribution < 1.29 is 0 Å². The number of rotatable bonds is 4. The molecule has 0 fully saturated rings. The highest BCUT2D eigenvalue weighted by atomic mass is 15.1. The van der Waals surface area contributed by atoms with Crippen molar-refractivity contribution in [1.82, 2.24) is 14.9 Å². The van der Waals surface area contributed by atoms with Crippen LogP contribution in [0.3, 0.4) is 0 Å². The molecule has 0 saturated carbocycles.